The highest BCUT2D eigenvalue weighted by Gasteiger charge is 2.43. The summed E-state index contributed by atoms with van der Waals surface area (Å²) in [7, 11) is 1.66. The van der Waals surface area contributed by atoms with E-state index < -0.39 is 11.2 Å². The molecule has 4 rings (SSSR count). The molecule has 44 heavy (non-hydrogen) atoms. The Morgan fingerprint density at radius 2 is 1.73 bits per heavy atom. The summed E-state index contributed by atoms with van der Waals surface area (Å²) in [5.41, 5.74) is 0.876. The summed E-state index contributed by atoms with van der Waals surface area (Å²) in [6, 6.07) is 12.7. The van der Waals surface area contributed by atoms with Gasteiger partial charge in [0.15, 0.2) is 0 Å². The maximum atomic E-state index is 15.6. The Labute approximate surface area is 262 Å². The molecule has 242 valence electrons. The van der Waals surface area contributed by atoms with Crippen LogP contribution in [0, 0.1) is 24.6 Å². The van der Waals surface area contributed by atoms with Crippen molar-refractivity contribution in [2.45, 2.75) is 90.3 Å². The highest BCUT2D eigenvalue weighted by Crippen LogP contribution is 2.44. The zero-order valence-electron chi connectivity index (χ0n) is 27.2. The zero-order valence-corrected chi connectivity index (χ0v) is 27.2. The molecule has 2 aliphatic rings. The molecule has 2 saturated heterocycles. The van der Waals surface area contributed by atoms with Gasteiger partial charge in [-0.15, -0.1) is 0 Å². The van der Waals surface area contributed by atoms with Gasteiger partial charge in [-0.2, -0.15) is 0 Å². The lowest BCUT2D eigenvalue weighted by Crippen LogP contribution is -2.49. The molecule has 0 saturated carbocycles. The number of piperidine rings is 2. The van der Waals surface area contributed by atoms with Crippen LogP contribution in [0.4, 0.5) is 9.18 Å². The minimum atomic E-state index is -1.33. The molecule has 2 heterocycles. The summed E-state index contributed by atoms with van der Waals surface area (Å²) < 4.78 is 26.5. The summed E-state index contributed by atoms with van der Waals surface area (Å²) in [4.78, 5) is 30.0. The summed E-state index contributed by atoms with van der Waals surface area (Å²) >= 11 is 0. The van der Waals surface area contributed by atoms with Crippen LogP contribution >= 0.6 is 0 Å². The molecule has 2 fully saturated rings. The Balaban J connectivity index is 1.55. The van der Waals surface area contributed by atoms with E-state index in [1.165, 1.54) is 6.07 Å². The van der Waals surface area contributed by atoms with E-state index >= 15 is 4.39 Å². The van der Waals surface area contributed by atoms with Crippen molar-refractivity contribution in [3.8, 4) is 11.1 Å². The van der Waals surface area contributed by atoms with Gasteiger partial charge in [0.25, 0.3) is 0 Å². The Hall–Kier alpha value is -2.97. The van der Waals surface area contributed by atoms with Gasteiger partial charge >= 0.3 is 6.09 Å². The second kappa shape index (κ2) is 14.9. The van der Waals surface area contributed by atoms with Crippen molar-refractivity contribution in [1.29, 1.82) is 0 Å². The van der Waals surface area contributed by atoms with E-state index in [1.807, 2.05) is 62.9 Å². The van der Waals surface area contributed by atoms with Crippen LogP contribution < -0.4 is 0 Å². The first-order valence-corrected chi connectivity index (χ1v) is 16.2. The second-order valence-corrected chi connectivity index (χ2v) is 13.7. The number of hydrogen-bond acceptors (Lipinski definition) is 5. The first kappa shape index (κ1) is 33.9. The van der Waals surface area contributed by atoms with Crippen molar-refractivity contribution in [3.05, 3.63) is 59.4 Å². The van der Waals surface area contributed by atoms with Gasteiger partial charge in [-0.3, -0.25) is 4.79 Å². The molecule has 2 amide bonds. The second-order valence-electron chi connectivity index (χ2n) is 13.7. The van der Waals surface area contributed by atoms with Crippen LogP contribution in [-0.2, 0) is 19.9 Å². The fourth-order valence-corrected chi connectivity index (χ4v) is 6.87. The number of ether oxygens (including phenoxy) is 2. The quantitative estimate of drug-likeness (QED) is 0.291. The van der Waals surface area contributed by atoms with Gasteiger partial charge in [-0.05, 0) is 95.8 Å². The first-order chi connectivity index (χ1) is 20.9. The van der Waals surface area contributed by atoms with E-state index in [0.717, 1.165) is 43.2 Å². The van der Waals surface area contributed by atoms with Gasteiger partial charge in [0.05, 0.1) is 5.60 Å². The van der Waals surface area contributed by atoms with Gasteiger partial charge in [0, 0.05) is 57.8 Å². The lowest BCUT2D eigenvalue weighted by molar-refractivity contribution is -0.138. The first-order valence-electron chi connectivity index (χ1n) is 16.2. The van der Waals surface area contributed by atoms with Gasteiger partial charge in [-0.1, -0.05) is 42.0 Å². The molecule has 0 aliphatic carbocycles. The topological polar surface area (TPSA) is 79.3 Å². The third-order valence-corrected chi connectivity index (χ3v) is 9.03. The number of unbranched alkanes of at least 4 members (excludes halogenated alkanes) is 1. The molecule has 2 aromatic carbocycles. The van der Waals surface area contributed by atoms with Crippen LogP contribution in [0.2, 0.25) is 0 Å². The highest BCUT2D eigenvalue weighted by molar-refractivity contribution is 5.77. The number of nitrogens with zero attached hydrogens (tertiary/aromatic N) is 2. The van der Waals surface area contributed by atoms with Gasteiger partial charge in [-0.25, -0.2) is 9.18 Å². The summed E-state index contributed by atoms with van der Waals surface area (Å²) in [6.07, 6.45) is 5.18. The number of benzene rings is 2. The minimum absolute atomic E-state index is 0.0469. The standard InChI is InChI=1S/C36H51FN2O5/c1-26-12-8-14-28(22-26)33-30(16-9-17-31(33)37)36(42,18-6-7-21-43-5)29-15-11-19-38(25-29)32(40)23-27-13-10-20-39(24-27)34(41)44-35(2,3)4/h8-9,12,14,16-17,22,27,29,42H,6-7,10-11,13,15,18-21,23-25H2,1-5H3/t27-,29-,36+/m1/s1. The smallest absolute Gasteiger partial charge is 0.410 e. The molecular weight excluding hydrogens is 559 g/mol. The van der Waals surface area contributed by atoms with Crippen LogP contribution in [0.1, 0.15) is 83.3 Å². The maximum Gasteiger partial charge on any atom is 0.410 e. The number of amides is 2. The molecule has 8 heteroatoms. The lowest BCUT2D eigenvalue weighted by Gasteiger charge is -2.44. The monoisotopic (exact) mass is 610 g/mol. The van der Waals surface area contributed by atoms with Gasteiger partial charge < -0.3 is 24.4 Å². The predicted molar refractivity (Wildman–Crippen MR) is 171 cm³/mol. The van der Waals surface area contributed by atoms with Crippen LogP contribution in [0.5, 0.6) is 0 Å². The number of halogens is 1. The van der Waals surface area contributed by atoms with E-state index in [9.17, 15) is 14.7 Å². The molecule has 0 spiro atoms. The molecule has 2 aromatic rings. The molecule has 0 unspecified atom stereocenters. The van der Waals surface area contributed by atoms with E-state index in [4.69, 9.17) is 9.47 Å². The molecular formula is C36H51FN2O5. The van der Waals surface area contributed by atoms with Crippen molar-refractivity contribution in [2.75, 3.05) is 39.9 Å². The molecule has 3 atom stereocenters. The number of rotatable bonds is 10. The predicted octanol–water partition coefficient (Wildman–Crippen LogP) is 7.08. The largest absolute Gasteiger partial charge is 0.444 e. The van der Waals surface area contributed by atoms with Crippen molar-refractivity contribution >= 4 is 12.0 Å². The minimum Gasteiger partial charge on any atom is -0.444 e. The van der Waals surface area contributed by atoms with Crippen LogP contribution in [0.15, 0.2) is 42.5 Å². The number of aryl methyl sites for hydroxylation is 1. The van der Waals surface area contributed by atoms with Crippen molar-refractivity contribution < 1.29 is 28.6 Å². The Morgan fingerprint density at radius 1 is 1.00 bits per heavy atom. The Morgan fingerprint density at radius 3 is 2.45 bits per heavy atom. The molecule has 0 radical (unpaired) electrons. The van der Waals surface area contributed by atoms with Crippen molar-refractivity contribution in [3.63, 3.8) is 0 Å². The number of carbonyl (C=O) groups is 2. The fourth-order valence-electron chi connectivity index (χ4n) is 6.87. The fraction of sp³-hybridized carbons (Fsp3) is 0.611. The van der Waals surface area contributed by atoms with Gasteiger partial charge in [0.2, 0.25) is 5.91 Å². The lowest BCUT2D eigenvalue weighted by atomic mass is 9.71. The zero-order chi connectivity index (χ0) is 31.9. The third kappa shape index (κ3) is 8.60. The number of likely N-dealkylation sites (tertiary alicyclic amines) is 2. The van der Waals surface area contributed by atoms with E-state index in [0.29, 0.717) is 63.2 Å². The summed E-state index contributed by atoms with van der Waals surface area (Å²) in [6.45, 7) is 10.3. The molecule has 2 aliphatic heterocycles. The van der Waals surface area contributed by atoms with E-state index in [1.54, 1.807) is 18.1 Å². The average Bonchev–Trinajstić information content (AvgIpc) is 2.98. The molecule has 0 aromatic heterocycles. The number of aliphatic hydroxyl groups is 1. The van der Waals surface area contributed by atoms with E-state index in [-0.39, 0.29) is 29.7 Å². The maximum absolute atomic E-state index is 15.6. The number of methoxy groups -OCH3 is 1. The summed E-state index contributed by atoms with van der Waals surface area (Å²) in [5, 5.41) is 12.6. The van der Waals surface area contributed by atoms with E-state index in [2.05, 4.69) is 0 Å². The average molecular weight is 611 g/mol. The van der Waals surface area contributed by atoms with Gasteiger partial charge in [0.1, 0.15) is 11.4 Å². The van der Waals surface area contributed by atoms with Crippen LogP contribution in [0.25, 0.3) is 11.1 Å². The molecule has 7 nitrogen and oxygen atoms in total. The third-order valence-electron chi connectivity index (χ3n) is 9.03. The van der Waals surface area contributed by atoms with Crippen LogP contribution in [-0.4, -0.2) is 72.4 Å². The molecule has 1 N–H and O–H groups in total. The van der Waals surface area contributed by atoms with Crippen LogP contribution in [0.3, 0.4) is 0 Å². The molecule has 0 bridgehead atoms. The number of carbonyl (C=O) groups excluding carboxylic acids is 2. The SMILES string of the molecule is COCCCC[C@@](O)(c1cccc(F)c1-c1cccc(C)c1)[C@@H]1CCCN(C(=O)C[C@H]2CCCN(C(=O)OC(C)(C)C)C2)C1. The van der Waals surface area contributed by atoms with Crippen molar-refractivity contribution in [2.24, 2.45) is 11.8 Å². The van der Waals surface area contributed by atoms with Crippen molar-refractivity contribution in [1.82, 2.24) is 9.80 Å². The summed E-state index contributed by atoms with van der Waals surface area (Å²) in [5.74, 6) is -0.504. The normalized spacial score (nSPS) is 20.7. The Bertz CT molecular complexity index is 1280. The Kier molecular flexibility index (Phi) is 11.5. The highest BCUT2D eigenvalue weighted by atomic mass is 19.1. The number of hydrogen-bond donors (Lipinski definition) is 1.